The standard InChI is InChI=1S/C18H15BrFN3/c1-12(13-2-5-17(20)6-3-13)23-18-7-4-14(10-22-18)15-8-16(19)11-21-9-15/h2-12H,1H3,(H,22,23)/t12-/m1/s1. The van der Waals surface area contributed by atoms with Gasteiger partial charge in [0.25, 0.3) is 0 Å². The first-order chi connectivity index (χ1) is 11.1. The minimum absolute atomic E-state index is 0.0430. The second-order valence-electron chi connectivity index (χ2n) is 5.24. The molecule has 0 aliphatic carbocycles. The molecule has 0 unspecified atom stereocenters. The van der Waals surface area contributed by atoms with E-state index in [9.17, 15) is 4.39 Å². The van der Waals surface area contributed by atoms with E-state index in [2.05, 4.69) is 31.2 Å². The van der Waals surface area contributed by atoms with Gasteiger partial charge >= 0.3 is 0 Å². The first kappa shape index (κ1) is 15.6. The van der Waals surface area contributed by atoms with Crippen molar-refractivity contribution in [2.24, 2.45) is 0 Å². The van der Waals surface area contributed by atoms with Gasteiger partial charge in [-0.2, -0.15) is 0 Å². The summed E-state index contributed by atoms with van der Waals surface area (Å²) in [6.45, 7) is 2.01. The van der Waals surface area contributed by atoms with Crippen LogP contribution >= 0.6 is 15.9 Å². The number of hydrogen-bond acceptors (Lipinski definition) is 3. The van der Waals surface area contributed by atoms with Crippen molar-refractivity contribution in [3.05, 3.63) is 76.9 Å². The highest BCUT2D eigenvalue weighted by molar-refractivity contribution is 9.10. The van der Waals surface area contributed by atoms with Crippen LogP contribution in [0, 0.1) is 5.82 Å². The summed E-state index contributed by atoms with van der Waals surface area (Å²) in [6.07, 6.45) is 5.36. The third-order valence-corrected chi connectivity index (χ3v) is 3.97. The van der Waals surface area contributed by atoms with E-state index < -0.39 is 0 Å². The maximum atomic E-state index is 13.0. The number of pyridine rings is 2. The average Bonchev–Trinajstić information content (AvgIpc) is 2.56. The number of rotatable bonds is 4. The Morgan fingerprint density at radius 2 is 1.78 bits per heavy atom. The summed E-state index contributed by atoms with van der Waals surface area (Å²) in [7, 11) is 0. The van der Waals surface area contributed by atoms with E-state index in [1.54, 1.807) is 24.5 Å². The number of aromatic nitrogens is 2. The molecule has 0 saturated carbocycles. The van der Waals surface area contributed by atoms with Gasteiger partial charge in [-0.3, -0.25) is 4.98 Å². The van der Waals surface area contributed by atoms with E-state index in [4.69, 9.17) is 0 Å². The van der Waals surface area contributed by atoms with Gasteiger partial charge in [-0.1, -0.05) is 12.1 Å². The van der Waals surface area contributed by atoms with E-state index in [0.29, 0.717) is 0 Å². The highest BCUT2D eigenvalue weighted by atomic mass is 79.9. The van der Waals surface area contributed by atoms with Gasteiger partial charge in [0.15, 0.2) is 0 Å². The monoisotopic (exact) mass is 371 g/mol. The molecule has 0 fully saturated rings. The predicted octanol–water partition coefficient (Wildman–Crippen LogP) is 5.22. The van der Waals surface area contributed by atoms with Crippen LogP contribution in [0.25, 0.3) is 11.1 Å². The number of anilines is 1. The third kappa shape index (κ3) is 3.93. The molecule has 0 amide bonds. The van der Waals surface area contributed by atoms with Crippen molar-refractivity contribution < 1.29 is 4.39 Å². The minimum atomic E-state index is -0.231. The topological polar surface area (TPSA) is 37.8 Å². The molecule has 0 aliphatic heterocycles. The summed E-state index contributed by atoms with van der Waals surface area (Å²) in [5.41, 5.74) is 3.01. The van der Waals surface area contributed by atoms with E-state index in [0.717, 1.165) is 27.0 Å². The summed E-state index contributed by atoms with van der Waals surface area (Å²) < 4.78 is 13.9. The van der Waals surface area contributed by atoms with Crippen molar-refractivity contribution in [3.63, 3.8) is 0 Å². The second kappa shape index (κ2) is 6.87. The van der Waals surface area contributed by atoms with Crippen LogP contribution in [0.5, 0.6) is 0 Å². The molecule has 2 aromatic heterocycles. The van der Waals surface area contributed by atoms with Gasteiger partial charge in [0.1, 0.15) is 11.6 Å². The quantitative estimate of drug-likeness (QED) is 0.683. The molecule has 116 valence electrons. The molecule has 0 saturated heterocycles. The first-order valence-electron chi connectivity index (χ1n) is 7.21. The minimum Gasteiger partial charge on any atom is -0.364 e. The summed E-state index contributed by atoms with van der Waals surface area (Å²) in [5, 5.41) is 3.31. The maximum Gasteiger partial charge on any atom is 0.126 e. The Bertz CT molecular complexity index is 788. The Balaban J connectivity index is 1.73. The molecule has 0 bridgehead atoms. The van der Waals surface area contributed by atoms with E-state index >= 15 is 0 Å². The summed E-state index contributed by atoms with van der Waals surface area (Å²) >= 11 is 3.42. The number of benzene rings is 1. The predicted molar refractivity (Wildman–Crippen MR) is 93.6 cm³/mol. The Labute approximate surface area is 142 Å². The van der Waals surface area contributed by atoms with Crippen molar-refractivity contribution in [2.75, 3.05) is 5.32 Å². The summed E-state index contributed by atoms with van der Waals surface area (Å²) in [6, 6.07) is 12.4. The summed E-state index contributed by atoms with van der Waals surface area (Å²) in [4.78, 5) is 8.60. The molecule has 1 atom stereocenters. The molecule has 1 N–H and O–H groups in total. The van der Waals surface area contributed by atoms with Crippen molar-refractivity contribution in [2.45, 2.75) is 13.0 Å². The number of nitrogens with one attached hydrogen (secondary N) is 1. The molecule has 23 heavy (non-hydrogen) atoms. The van der Waals surface area contributed by atoms with Gasteiger partial charge in [-0.05, 0) is 58.7 Å². The lowest BCUT2D eigenvalue weighted by molar-refractivity contribution is 0.626. The van der Waals surface area contributed by atoms with Crippen LogP contribution in [0.15, 0.2) is 65.5 Å². The zero-order chi connectivity index (χ0) is 16.2. The van der Waals surface area contributed by atoms with Gasteiger partial charge in [0.2, 0.25) is 0 Å². The molecular weight excluding hydrogens is 357 g/mol. The van der Waals surface area contributed by atoms with Crippen LogP contribution in [0.4, 0.5) is 10.2 Å². The number of halogens is 2. The smallest absolute Gasteiger partial charge is 0.126 e. The highest BCUT2D eigenvalue weighted by Gasteiger charge is 2.07. The van der Waals surface area contributed by atoms with Crippen molar-refractivity contribution in [1.29, 1.82) is 0 Å². The number of nitrogens with zero attached hydrogens (tertiary/aromatic N) is 2. The lowest BCUT2D eigenvalue weighted by Gasteiger charge is -2.15. The van der Waals surface area contributed by atoms with Crippen LogP contribution in [-0.2, 0) is 0 Å². The lowest BCUT2D eigenvalue weighted by atomic mass is 10.1. The lowest BCUT2D eigenvalue weighted by Crippen LogP contribution is -2.07. The van der Waals surface area contributed by atoms with Gasteiger partial charge in [0, 0.05) is 40.2 Å². The van der Waals surface area contributed by atoms with E-state index in [1.165, 1.54) is 12.1 Å². The molecular formula is C18H15BrFN3. The average molecular weight is 372 g/mol. The molecule has 3 rings (SSSR count). The molecule has 0 aliphatic rings. The zero-order valence-corrected chi connectivity index (χ0v) is 14.1. The van der Waals surface area contributed by atoms with Gasteiger partial charge < -0.3 is 5.32 Å². The summed E-state index contributed by atoms with van der Waals surface area (Å²) in [5.74, 6) is 0.541. The Morgan fingerprint density at radius 3 is 2.43 bits per heavy atom. The van der Waals surface area contributed by atoms with Crippen LogP contribution in [0.3, 0.4) is 0 Å². The molecule has 2 heterocycles. The maximum absolute atomic E-state index is 13.0. The van der Waals surface area contributed by atoms with Crippen LogP contribution < -0.4 is 5.32 Å². The van der Waals surface area contributed by atoms with E-state index in [1.807, 2.05) is 31.3 Å². The fraction of sp³-hybridized carbons (Fsp3) is 0.111. The first-order valence-corrected chi connectivity index (χ1v) is 8.00. The largest absolute Gasteiger partial charge is 0.364 e. The molecule has 5 heteroatoms. The van der Waals surface area contributed by atoms with Crippen molar-refractivity contribution in [3.8, 4) is 11.1 Å². The normalized spacial score (nSPS) is 12.0. The van der Waals surface area contributed by atoms with Crippen LogP contribution in [-0.4, -0.2) is 9.97 Å². The Kier molecular flexibility index (Phi) is 4.67. The molecule has 3 aromatic rings. The van der Waals surface area contributed by atoms with Gasteiger partial charge in [-0.15, -0.1) is 0 Å². The second-order valence-corrected chi connectivity index (χ2v) is 6.16. The van der Waals surface area contributed by atoms with Crippen LogP contribution in [0.2, 0.25) is 0 Å². The zero-order valence-electron chi connectivity index (χ0n) is 12.5. The molecule has 0 spiro atoms. The van der Waals surface area contributed by atoms with Gasteiger partial charge in [0.05, 0.1) is 0 Å². The fourth-order valence-electron chi connectivity index (χ4n) is 2.28. The van der Waals surface area contributed by atoms with Gasteiger partial charge in [-0.25, -0.2) is 9.37 Å². The fourth-order valence-corrected chi connectivity index (χ4v) is 2.64. The Morgan fingerprint density at radius 1 is 1.00 bits per heavy atom. The molecule has 0 radical (unpaired) electrons. The third-order valence-electron chi connectivity index (χ3n) is 3.54. The number of hydrogen-bond donors (Lipinski definition) is 1. The Hall–Kier alpha value is -2.27. The highest BCUT2D eigenvalue weighted by Crippen LogP contribution is 2.23. The molecule has 1 aromatic carbocycles. The van der Waals surface area contributed by atoms with E-state index in [-0.39, 0.29) is 11.9 Å². The SMILES string of the molecule is C[C@@H](Nc1ccc(-c2cncc(Br)c2)cn1)c1ccc(F)cc1. The molecule has 3 nitrogen and oxygen atoms in total. The van der Waals surface area contributed by atoms with Crippen molar-refractivity contribution >= 4 is 21.7 Å². The van der Waals surface area contributed by atoms with Crippen LogP contribution in [0.1, 0.15) is 18.5 Å². The van der Waals surface area contributed by atoms with Crippen molar-refractivity contribution in [1.82, 2.24) is 9.97 Å².